The van der Waals surface area contributed by atoms with Gasteiger partial charge in [-0.25, -0.2) is 4.98 Å². The summed E-state index contributed by atoms with van der Waals surface area (Å²) in [6, 6.07) is 5.88. The minimum atomic E-state index is 0.603. The number of nitrogens with zero attached hydrogens (tertiary/aromatic N) is 2. The fraction of sp³-hybridized carbons (Fsp3) is 0.250. The number of anilines is 2. The number of hydrogen-bond acceptors (Lipinski definition) is 5. The second kappa shape index (κ2) is 5.09. The van der Waals surface area contributed by atoms with Crippen molar-refractivity contribution in [1.82, 2.24) is 9.97 Å². The van der Waals surface area contributed by atoms with Crippen LogP contribution in [-0.2, 0) is 0 Å². The summed E-state index contributed by atoms with van der Waals surface area (Å²) in [6.07, 6.45) is 1.72. The van der Waals surface area contributed by atoms with Crippen LogP contribution in [0.1, 0.15) is 17.0 Å². The molecule has 108 valence electrons. The molecule has 0 amide bonds. The first kappa shape index (κ1) is 13.4. The second-order valence-corrected chi connectivity index (χ2v) is 4.95. The number of fused-ring (bicyclic) bond motifs is 1. The van der Waals surface area contributed by atoms with Gasteiger partial charge in [0, 0.05) is 24.4 Å². The summed E-state index contributed by atoms with van der Waals surface area (Å²) in [6.45, 7) is 5.89. The number of benzene rings is 1. The molecule has 5 nitrogen and oxygen atoms in total. The van der Waals surface area contributed by atoms with Gasteiger partial charge in [0.15, 0.2) is 11.5 Å². The number of aryl methyl sites for hydroxylation is 2. The predicted octanol–water partition coefficient (Wildman–Crippen LogP) is 3.90. The Balaban J connectivity index is 2.10. The fourth-order valence-electron chi connectivity index (χ4n) is 2.41. The van der Waals surface area contributed by atoms with E-state index in [2.05, 4.69) is 22.2 Å². The summed E-state index contributed by atoms with van der Waals surface area (Å²) in [5.41, 5.74) is 5.32. The van der Waals surface area contributed by atoms with Crippen molar-refractivity contribution in [3.8, 4) is 5.75 Å². The minimum Gasteiger partial charge on any atom is -0.496 e. The molecule has 0 saturated heterocycles. The van der Waals surface area contributed by atoms with E-state index in [1.54, 1.807) is 13.3 Å². The lowest BCUT2D eigenvalue weighted by atomic mass is 10.1. The molecule has 0 aliphatic heterocycles. The maximum absolute atomic E-state index is 5.64. The Morgan fingerprint density at radius 3 is 2.71 bits per heavy atom. The molecule has 1 aromatic carbocycles. The molecule has 1 N–H and O–H groups in total. The number of hydrogen-bond donors (Lipinski definition) is 1. The molecule has 0 radical (unpaired) electrons. The van der Waals surface area contributed by atoms with E-state index in [-0.39, 0.29) is 0 Å². The molecular weight excluding hydrogens is 266 g/mol. The number of aromatic nitrogens is 2. The van der Waals surface area contributed by atoms with E-state index in [1.165, 1.54) is 0 Å². The zero-order valence-electron chi connectivity index (χ0n) is 12.5. The van der Waals surface area contributed by atoms with Crippen LogP contribution in [0, 0.1) is 20.8 Å². The zero-order chi connectivity index (χ0) is 15.0. The Hall–Kier alpha value is -2.56. The summed E-state index contributed by atoms with van der Waals surface area (Å²) in [7, 11) is 1.67. The smallest absolute Gasteiger partial charge is 0.200 e. The average Bonchev–Trinajstić information content (AvgIpc) is 2.84. The molecule has 0 atom stereocenters. The summed E-state index contributed by atoms with van der Waals surface area (Å²) in [5.74, 6) is 1.45. The monoisotopic (exact) mass is 283 g/mol. The first-order chi connectivity index (χ1) is 10.1. The lowest BCUT2D eigenvalue weighted by molar-refractivity contribution is 0.412. The largest absolute Gasteiger partial charge is 0.496 e. The van der Waals surface area contributed by atoms with Crippen molar-refractivity contribution in [3.63, 3.8) is 0 Å². The third-order valence-electron chi connectivity index (χ3n) is 3.50. The fourth-order valence-corrected chi connectivity index (χ4v) is 2.41. The van der Waals surface area contributed by atoms with E-state index in [4.69, 9.17) is 9.15 Å². The molecule has 0 fully saturated rings. The van der Waals surface area contributed by atoms with Crippen molar-refractivity contribution in [3.05, 3.63) is 41.4 Å². The van der Waals surface area contributed by atoms with Crippen molar-refractivity contribution in [2.75, 3.05) is 12.4 Å². The molecule has 0 bridgehead atoms. The lowest BCUT2D eigenvalue weighted by Crippen LogP contribution is -1.99. The molecule has 2 heterocycles. The third kappa shape index (κ3) is 2.31. The van der Waals surface area contributed by atoms with Gasteiger partial charge in [0.2, 0.25) is 5.65 Å². The molecule has 0 aliphatic rings. The highest BCUT2D eigenvalue weighted by molar-refractivity contribution is 5.87. The number of rotatable bonds is 3. The van der Waals surface area contributed by atoms with E-state index in [1.807, 2.05) is 32.0 Å². The third-order valence-corrected chi connectivity index (χ3v) is 3.50. The first-order valence-corrected chi connectivity index (χ1v) is 6.73. The van der Waals surface area contributed by atoms with E-state index in [0.29, 0.717) is 17.1 Å². The van der Waals surface area contributed by atoms with Crippen molar-refractivity contribution >= 4 is 22.6 Å². The van der Waals surface area contributed by atoms with Crippen molar-refractivity contribution in [2.45, 2.75) is 20.8 Å². The van der Waals surface area contributed by atoms with Crippen LogP contribution in [-0.4, -0.2) is 17.1 Å². The van der Waals surface area contributed by atoms with Gasteiger partial charge >= 0.3 is 0 Å². The highest BCUT2D eigenvalue weighted by Gasteiger charge is 2.13. The van der Waals surface area contributed by atoms with E-state index < -0.39 is 0 Å². The van der Waals surface area contributed by atoms with Gasteiger partial charge in [-0.05, 0) is 31.5 Å². The number of pyridine rings is 1. The Kier molecular flexibility index (Phi) is 3.25. The quantitative estimate of drug-likeness (QED) is 0.790. The van der Waals surface area contributed by atoms with Crippen LogP contribution in [0.3, 0.4) is 0 Å². The SMILES string of the molecule is COc1ccc(C)c(Nc2ccnc3nc(C)oc23)c1C. The number of ether oxygens (including phenoxy) is 1. The highest BCUT2D eigenvalue weighted by atomic mass is 16.5. The summed E-state index contributed by atoms with van der Waals surface area (Å²) in [5, 5.41) is 3.42. The lowest BCUT2D eigenvalue weighted by Gasteiger charge is -2.15. The summed E-state index contributed by atoms with van der Waals surface area (Å²) >= 11 is 0. The van der Waals surface area contributed by atoms with Gasteiger partial charge in [-0.3, -0.25) is 0 Å². The molecule has 0 spiro atoms. The van der Waals surface area contributed by atoms with Gasteiger partial charge in [-0.2, -0.15) is 4.98 Å². The van der Waals surface area contributed by atoms with E-state index >= 15 is 0 Å². The van der Waals surface area contributed by atoms with E-state index in [0.717, 1.165) is 28.3 Å². The van der Waals surface area contributed by atoms with Crippen LogP contribution >= 0.6 is 0 Å². The van der Waals surface area contributed by atoms with Gasteiger partial charge in [-0.1, -0.05) is 6.07 Å². The number of oxazole rings is 1. The summed E-state index contributed by atoms with van der Waals surface area (Å²) < 4.78 is 11.0. The maximum Gasteiger partial charge on any atom is 0.200 e. The van der Waals surface area contributed by atoms with Crippen molar-refractivity contribution in [2.24, 2.45) is 0 Å². The minimum absolute atomic E-state index is 0.603. The van der Waals surface area contributed by atoms with E-state index in [9.17, 15) is 0 Å². The highest BCUT2D eigenvalue weighted by Crippen LogP contribution is 2.33. The van der Waals surface area contributed by atoms with Gasteiger partial charge < -0.3 is 14.5 Å². The van der Waals surface area contributed by atoms with Crippen LogP contribution in [0.15, 0.2) is 28.8 Å². The molecule has 5 heteroatoms. The maximum atomic E-state index is 5.64. The second-order valence-electron chi connectivity index (χ2n) is 4.95. The molecule has 21 heavy (non-hydrogen) atoms. The van der Waals surface area contributed by atoms with Crippen LogP contribution in [0.25, 0.3) is 11.2 Å². The zero-order valence-corrected chi connectivity index (χ0v) is 12.5. The van der Waals surface area contributed by atoms with Gasteiger partial charge in [0.1, 0.15) is 5.75 Å². The predicted molar refractivity (Wildman–Crippen MR) is 82.3 cm³/mol. The average molecular weight is 283 g/mol. The standard InChI is InChI=1S/C16H17N3O2/c1-9-5-6-13(20-4)10(2)14(9)19-12-7-8-17-16-15(12)21-11(3)18-16/h5-8H,1-4H3,(H,17,19). The van der Waals surface area contributed by atoms with Crippen LogP contribution in [0.5, 0.6) is 5.75 Å². The molecule has 3 rings (SSSR count). The van der Waals surface area contributed by atoms with Crippen LogP contribution in [0.4, 0.5) is 11.4 Å². The Morgan fingerprint density at radius 2 is 1.95 bits per heavy atom. The van der Waals surface area contributed by atoms with Gasteiger partial charge in [0.05, 0.1) is 12.8 Å². The van der Waals surface area contributed by atoms with Gasteiger partial charge in [0.25, 0.3) is 0 Å². The molecule has 0 aliphatic carbocycles. The number of nitrogens with one attached hydrogen (secondary N) is 1. The number of methoxy groups -OCH3 is 1. The summed E-state index contributed by atoms with van der Waals surface area (Å²) in [4.78, 5) is 8.46. The van der Waals surface area contributed by atoms with Gasteiger partial charge in [-0.15, -0.1) is 0 Å². The molecule has 0 unspecified atom stereocenters. The normalized spacial score (nSPS) is 10.9. The molecule has 0 saturated carbocycles. The first-order valence-electron chi connectivity index (χ1n) is 6.73. The Labute approximate surface area is 123 Å². The topological polar surface area (TPSA) is 60.2 Å². The van der Waals surface area contributed by atoms with Crippen molar-refractivity contribution < 1.29 is 9.15 Å². The van der Waals surface area contributed by atoms with Crippen LogP contribution in [0.2, 0.25) is 0 Å². The molecule has 2 aromatic heterocycles. The Morgan fingerprint density at radius 1 is 1.14 bits per heavy atom. The van der Waals surface area contributed by atoms with Crippen molar-refractivity contribution in [1.29, 1.82) is 0 Å². The molecular formula is C16H17N3O2. The Bertz CT molecular complexity index is 809. The van der Waals surface area contributed by atoms with Crippen LogP contribution < -0.4 is 10.1 Å². The molecule has 3 aromatic rings.